The Hall–Kier alpha value is -4.04. The molecule has 1 amide bonds. The molecule has 0 saturated heterocycles. The Bertz CT molecular complexity index is 1260. The average Bonchev–Trinajstić information content (AvgIpc) is 3.11. The molecule has 0 radical (unpaired) electrons. The molecule has 4 rings (SSSR count). The van der Waals surface area contributed by atoms with Gasteiger partial charge in [0.15, 0.2) is 0 Å². The fraction of sp³-hybridized carbons (Fsp3) is 0.241. The molecule has 0 aliphatic heterocycles. The zero-order chi connectivity index (χ0) is 24.5. The van der Waals surface area contributed by atoms with E-state index in [0.717, 1.165) is 22.3 Å². The van der Waals surface area contributed by atoms with Gasteiger partial charge in [0.1, 0.15) is 12.2 Å². The summed E-state index contributed by atoms with van der Waals surface area (Å²) in [5.74, 6) is 2.00. The molecule has 3 aromatic carbocycles. The van der Waals surface area contributed by atoms with E-state index >= 15 is 0 Å². The smallest absolute Gasteiger partial charge is 0.411 e. The fourth-order valence-electron chi connectivity index (χ4n) is 4.19. The van der Waals surface area contributed by atoms with Crippen molar-refractivity contribution in [1.29, 1.82) is 0 Å². The maximum absolute atomic E-state index is 12.8. The van der Waals surface area contributed by atoms with Crippen LogP contribution in [0.2, 0.25) is 0 Å². The molecule has 3 aromatic rings. The molecule has 1 aliphatic rings. The number of amides is 1. The van der Waals surface area contributed by atoms with Crippen molar-refractivity contribution < 1.29 is 19.1 Å². The van der Waals surface area contributed by atoms with Gasteiger partial charge in [-0.15, -0.1) is 6.42 Å². The second kappa shape index (κ2) is 9.07. The number of hydrogen-bond donors (Lipinski definition) is 1. The van der Waals surface area contributed by atoms with Crippen LogP contribution in [0, 0.1) is 19.3 Å². The number of anilines is 1. The molecule has 172 valence electrons. The molecule has 0 fully saturated rings. The number of esters is 1. The first-order valence-corrected chi connectivity index (χ1v) is 11.1. The first-order valence-electron chi connectivity index (χ1n) is 11.1. The molecule has 0 atom stereocenters. The fourth-order valence-corrected chi connectivity index (χ4v) is 4.19. The molecular weight excluding hydrogens is 426 g/mol. The molecule has 0 spiro atoms. The van der Waals surface area contributed by atoms with Crippen LogP contribution in [-0.2, 0) is 9.47 Å². The number of terminal acetylenes is 1. The minimum Gasteiger partial charge on any atom is -0.456 e. The molecule has 0 unspecified atom stereocenters. The summed E-state index contributed by atoms with van der Waals surface area (Å²) in [6.45, 7) is 7.34. The maximum Gasteiger partial charge on any atom is 0.411 e. The highest BCUT2D eigenvalue weighted by Gasteiger charge is 2.29. The Morgan fingerprint density at radius 2 is 1.59 bits per heavy atom. The topological polar surface area (TPSA) is 64.6 Å². The summed E-state index contributed by atoms with van der Waals surface area (Å²) in [5.41, 5.74) is 5.77. The number of rotatable bonds is 4. The van der Waals surface area contributed by atoms with Gasteiger partial charge >= 0.3 is 12.1 Å². The lowest BCUT2D eigenvalue weighted by atomic mass is 9.98. The van der Waals surface area contributed by atoms with Crippen LogP contribution >= 0.6 is 0 Å². The van der Waals surface area contributed by atoms with E-state index in [9.17, 15) is 9.59 Å². The van der Waals surface area contributed by atoms with Gasteiger partial charge in [-0.2, -0.15) is 0 Å². The van der Waals surface area contributed by atoms with E-state index in [0.29, 0.717) is 16.8 Å². The van der Waals surface area contributed by atoms with Gasteiger partial charge in [-0.3, -0.25) is 5.32 Å². The zero-order valence-electron chi connectivity index (χ0n) is 19.8. The molecule has 0 heterocycles. The van der Waals surface area contributed by atoms with Crippen LogP contribution in [0.25, 0.3) is 11.1 Å². The lowest BCUT2D eigenvalue weighted by Gasteiger charge is -2.20. The summed E-state index contributed by atoms with van der Waals surface area (Å²) >= 11 is 0. The lowest BCUT2D eigenvalue weighted by molar-refractivity contribution is 0.00694. The van der Waals surface area contributed by atoms with E-state index in [1.807, 2.05) is 24.3 Å². The summed E-state index contributed by atoms with van der Waals surface area (Å²) in [6, 6.07) is 19.4. The van der Waals surface area contributed by atoms with Crippen molar-refractivity contribution in [2.24, 2.45) is 0 Å². The van der Waals surface area contributed by atoms with Crippen molar-refractivity contribution in [2.45, 2.75) is 39.2 Å². The molecule has 5 nitrogen and oxygen atoms in total. The Morgan fingerprint density at radius 3 is 2.15 bits per heavy atom. The molecule has 0 bridgehead atoms. The third-order valence-corrected chi connectivity index (χ3v) is 5.78. The van der Waals surface area contributed by atoms with Gasteiger partial charge in [-0.1, -0.05) is 54.5 Å². The van der Waals surface area contributed by atoms with E-state index in [2.05, 4.69) is 35.5 Å². The molecule has 1 aliphatic carbocycles. The lowest BCUT2D eigenvalue weighted by Crippen LogP contribution is -2.24. The van der Waals surface area contributed by atoms with E-state index in [-0.39, 0.29) is 18.1 Å². The largest absolute Gasteiger partial charge is 0.456 e. The highest BCUT2D eigenvalue weighted by Crippen LogP contribution is 2.44. The average molecular weight is 454 g/mol. The quantitative estimate of drug-likeness (QED) is 0.372. The molecule has 0 saturated carbocycles. The van der Waals surface area contributed by atoms with Crippen LogP contribution in [-0.4, -0.2) is 24.3 Å². The minimum absolute atomic E-state index is 0.0476. The number of carbonyl (C=O) groups is 2. The van der Waals surface area contributed by atoms with Crippen molar-refractivity contribution in [2.75, 3.05) is 11.9 Å². The number of fused-ring (bicyclic) bond motifs is 3. The number of ether oxygens (including phenoxy) is 2. The van der Waals surface area contributed by atoms with Gasteiger partial charge in [0, 0.05) is 17.2 Å². The Balaban J connectivity index is 1.52. The standard InChI is InChI=1S/C29H27NO4/c1-6-19-15-20(27(31)34-29(3,4)5)16-26(18(19)2)30-28(32)33-17-25-23-13-9-7-11-21(23)22-12-8-10-14-24(22)25/h1,7-16,25H,17H2,2-5H3,(H,30,32). The van der Waals surface area contributed by atoms with E-state index in [4.69, 9.17) is 15.9 Å². The highest BCUT2D eigenvalue weighted by molar-refractivity contribution is 5.94. The normalized spacial score (nSPS) is 12.3. The summed E-state index contributed by atoms with van der Waals surface area (Å²) < 4.78 is 11.1. The highest BCUT2D eigenvalue weighted by atomic mass is 16.6. The van der Waals surface area contributed by atoms with Crippen LogP contribution < -0.4 is 5.32 Å². The maximum atomic E-state index is 12.8. The predicted molar refractivity (Wildman–Crippen MR) is 133 cm³/mol. The van der Waals surface area contributed by atoms with Gasteiger partial charge in [0.05, 0.1) is 5.56 Å². The van der Waals surface area contributed by atoms with E-state index < -0.39 is 17.7 Å². The van der Waals surface area contributed by atoms with Crippen LogP contribution in [0.1, 0.15) is 59.3 Å². The number of nitrogens with one attached hydrogen (secondary N) is 1. The number of hydrogen-bond acceptors (Lipinski definition) is 4. The van der Waals surface area contributed by atoms with Crippen molar-refractivity contribution in [3.63, 3.8) is 0 Å². The third kappa shape index (κ3) is 4.67. The van der Waals surface area contributed by atoms with Crippen LogP contribution in [0.5, 0.6) is 0 Å². The molecule has 34 heavy (non-hydrogen) atoms. The minimum atomic E-state index is -0.654. The molecule has 5 heteroatoms. The summed E-state index contributed by atoms with van der Waals surface area (Å²) in [7, 11) is 0. The van der Waals surface area contributed by atoms with Crippen molar-refractivity contribution in [3.8, 4) is 23.5 Å². The van der Waals surface area contributed by atoms with Crippen molar-refractivity contribution in [3.05, 3.63) is 88.5 Å². The van der Waals surface area contributed by atoms with Gasteiger partial charge in [-0.05, 0) is 67.6 Å². The Kier molecular flexibility index (Phi) is 6.17. The first-order chi connectivity index (χ1) is 16.2. The number of benzene rings is 3. The zero-order valence-corrected chi connectivity index (χ0v) is 19.8. The van der Waals surface area contributed by atoms with Crippen LogP contribution in [0.3, 0.4) is 0 Å². The summed E-state index contributed by atoms with van der Waals surface area (Å²) in [5, 5.41) is 2.75. The van der Waals surface area contributed by atoms with Gasteiger partial charge in [0.25, 0.3) is 0 Å². The first kappa shape index (κ1) is 23.1. The van der Waals surface area contributed by atoms with Crippen molar-refractivity contribution >= 4 is 17.7 Å². The SMILES string of the molecule is C#Cc1cc(C(=O)OC(C)(C)C)cc(NC(=O)OCC2c3ccccc3-c3ccccc32)c1C. The predicted octanol–water partition coefficient (Wildman–Crippen LogP) is 6.29. The second-order valence-electron chi connectivity index (χ2n) is 9.29. The van der Waals surface area contributed by atoms with E-state index in [1.165, 1.54) is 0 Å². The Morgan fingerprint density at radius 1 is 1.00 bits per heavy atom. The molecule has 0 aromatic heterocycles. The number of carbonyl (C=O) groups excluding carboxylic acids is 2. The van der Waals surface area contributed by atoms with Crippen molar-refractivity contribution in [1.82, 2.24) is 0 Å². The molecular formula is C29H27NO4. The van der Waals surface area contributed by atoms with Gasteiger partial charge < -0.3 is 9.47 Å². The van der Waals surface area contributed by atoms with Crippen LogP contribution in [0.15, 0.2) is 60.7 Å². The van der Waals surface area contributed by atoms with Crippen LogP contribution in [0.4, 0.5) is 10.5 Å². The third-order valence-electron chi connectivity index (χ3n) is 5.78. The van der Waals surface area contributed by atoms with E-state index in [1.54, 1.807) is 39.8 Å². The Labute approximate surface area is 200 Å². The summed E-state index contributed by atoms with van der Waals surface area (Å²) in [4.78, 5) is 25.3. The molecule has 1 N–H and O–H groups in total. The van der Waals surface area contributed by atoms with Gasteiger partial charge in [-0.25, -0.2) is 9.59 Å². The van der Waals surface area contributed by atoms with Gasteiger partial charge in [0.2, 0.25) is 0 Å². The second-order valence-corrected chi connectivity index (χ2v) is 9.29. The monoisotopic (exact) mass is 453 g/mol. The summed E-state index contributed by atoms with van der Waals surface area (Å²) in [6.07, 6.45) is 5.02.